The number of amides is 1. The second-order valence-corrected chi connectivity index (χ2v) is 6.96. The van der Waals surface area contributed by atoms with Crippen LogP contribution >= 0.6 is 11.3 Å². The predicted molar refractivity (Wildman–Crippen MR) is 77.7 cm³/mol. The van der Waals surface area contributed by atoms with Gasteiger partial charge in [-0.25, -0.2) is 4.79 Å². The summed E-state index contributed by atoms with van der Waals surface area (Å²) in [7, 11) is 0. The maximum atomic E-state index is 12.8. The lowest BCUT2D eigenvalue weighted by Crippen LogP contribution is -2.50. The van der Waals surface area contributed by atoms with Crippen molar-refractivity contribution in [2.24, 2.45) is 11.8 Å². The third-order valence-electron chi connectivity index (χ3n) is 4.80. The van der Waals surface area contributed by atoms with E-state index in [4.69, 9.17) is 4.74 Å². The van der Waals surface area contributed by atoms with Gasteiger partial charge in [0, 0.05) is 4.88 Å². The Balaban J connectivity index is 1.78. The molecule has 5 unspecified atom stereocenters. The third kappa shape index (κ3) is 1.76. The SMILES string of the molecule is O=C(O)C1C2C=CC3(O2)C1C(=O)N(Cc1cccs1)C3C(=O)O. The lowest BCUT2D eigenvalue weighted by atomic mass is 9.75. The largest absolute Gasteiger partial charge is 0.481 e. The molecule has 0 aromatic carbocycles. The van der Waals surface area contributed by atoms with Crippen molar-refractivity contribution in [2.75, 3.05) is 0 Å². The molecular weight excluding hydrogens is 322 g/mol. The van der Waals surface area contributed by atoms with Crippen molar-refractivity contribution in [3.05, 3.63) is 34.5 Å². The number of ether oxygens (including phenoxy) is 1. The lowest BCUT2D eigenvalue weighted by Gasteiger charge is -2.29. The first kappa shape index (κ1) is 14.4. The van der Waals surface area contributed by atoms with Gasteiger partial charge in [0.25, 0.3) is 0 Å². The molecule has 0 saturated carbocycles. The minimum Gasteiger partial charge on any atom is -0.481 e. The summed E-state index contributed by atoms with van der Waals surface area (Å²) in [5, 5.41) is 20.9. The number of carbonyl (C=O) groups excluding carboxylic acids is 1. The normalized spacial score (nSPS) is 37.4. The first-order chi connectivity index (χ1) is 11.0. The summed E-state index contributed by atoms with van der Waals surface area (Å²) in [6.07, 6.45) is 2.38. The van der Waals surface area contributed by atoms with Gasteiger partial charge in [0.15, 0.2) is 6.04 Å². The van der Waals surface area contributed by atoms with Gasteiger partial charge in [0.05, 0.1) is 18.6 Å². The topological polar surface area (TPSA) is 104 Å². The summed E-state index contributed by atoms with van der Waals surface area (Å²) in [5.41, 5.74) is -1.38. The lowest BCUT2D eigenvalue weighted by molar-refractivity contribution is -0.153. The molecule has 1 aromatic rings. The molecule has 1 spiro atoms. The number of carbonyl (C=O) groups is 3. The Morgan fingerprint density at radius 2 is 2.13 bits per heavy atom. The van der Waals surface area contributed by atoms with Crippen molar-refractivity contribution in [1.82, 2.24) is 4.90 Å². The van der Waals surface area contributed by atoms with Gasteiger partial charge in [-0.1, -0.05) is 18.2 Å². The second kappa shape index (κ2) is 4.65. The quantitative estimate of drug-likeness (QED) is 0.780. The molecule has 23 heavy (non-hydrogen) atoms. The summed E-state index contributed by atoms with van der Waals surface area (Å²) >= 11 is 1.42. The van der Waals surface area contributed by atoms with Crippen LogP contribution in [0.5, 0.6) is 0 Å². The Kier molecular flexibility index (Phi) is 2.91. The van der Waals surface area contributed by atoms with Crippen molar-refractivity contribution in [3.8, 4) is 0 Å². The molecule has 1 amide bonds. The van der Waals surface area contributed by atoms with Crippen LogP contribution in [0.1, 0.15) is 4.88 Å². The summed E-state index contributed by atoms with van der Waals surface area (Å²) in [4.78, 5) is 38.3. The van der Waals surface area contributed by atoms with E-state index >= 15 is 0 Å². The van der Waals surface area contributed by atoms with Crippen molar-refractivity contribution in [3.63, 3.8) is 0 Å². The fourth-order valence-corrected chi connectivity index (χ4v) is 4.67. The van der Waals surface area contributed by atoms with Gasteiger partial charge >= 0.3 is 11.9 Å². The molecule has 4 heterocycles. The van der Waals surface area contributed by atoms with E-state index in [9.17, 15) is 24.6 Å². The van der Waals surface area contributed by atoms with Crippen LogP contribution in [-0.4, -0.2) is 50.7 Å². The van der Waals surface area contributed by atoms with E-state index in [0.717, 1.165) is 4.88 Å². The van der Waals surface area contributed by atoms with Crippen LogP contribution in [0.4, 0.5) is 0 Å². The maximum absolute atomic E-state index is 12.8. The standard InChI is InChI=1S/C15H13NO6S/c17-12-10-9(13(18)19)8-3-4-15(10,22-8)11(14(20)21)16(12)6-7-2-1-5-23-7/h1-5,8-11H,6H2,(H,18,19)(H,20,21). The first-order valence-electron chi connectivity index (χ1n) is 7.11. The van der Waals surface area contributed by atoms with Crippen LogP contribution in [0, 0.1) is 11.8 Å². The first-order valence-corrected chi connectivity index (χ1v) is 7.99. The number of hydrogen-bond acceptors (Lipinski definition) is 5. The molecule has 2 N–H and O–H groups in total. The van der Waals surface area contributed by atoms with E-state index in [2.05, 4.69) is 0 Å². The molecule has 4 rings (SSSR count). The van der Waals surface area contributed by atoms with E-state index in [1.807, 2.05) is 17.5 Å². The highest BCUT2D eigenvalue weighted by atomic mass is 32.1. The van der Waals surface area contributed by atoms with Gasteiger partial charge in [-0.15, -0.1) is 11.3 Å². The van der Waals surface area contributed by atoms with E-state index in [1.165, 1.54) is 16.2 Å². The van der Waals surface area contributed by atoms with Gasteiger partial charge in [-0.2, -0.15) is 0 Å². The van der Waals surface area contributed by atoms with Gasteiger partial charge in [-0.3, -0.25) is 9.59 Å². The van der Waals surface area contributed by atoms with Gasteiger partial charge in [0.2, 0.25) is 5.91 Å². The molecule has 5 atom stereocenters. The summed E-state index contributed by atoms with van der Waals surface area (Å²) in [5.74, 6) is -4.82. The molecule has 2 bridgehead atoms. The summed E-state index contributed by atoms with van der Waals surface area (Å²) in [6.45, 7) is 0.139. The Hall–Kier alpha value is -2.19. The van der Waals surface area contributed by atoms with Crippen LogP contribution in [0.3, 0.4) is 0 Å². The van der Waals surface area contributed by atoms with E-state index in [1.54, 1.807) is 12.2 Å². The Bertz CT molecular complexity index is 728. The number of carboxylic acid groups (broad SMARTS) is 2. The average molecular weight is 335 g/mol. The molecule has 3 aliphatic heterocycles. The number of thiophene rings is 1. The van der Waals surface area contributed by atoms with Crippen molar-refractivity contribution >= 4 is 29.2 Å². The molecule has 7 nitrogen and oxygen atoms in total. The summed E-state index contributed by atoms with van der Waals surface area (Å²) < 4.78 is 5.72. The highest BCUT2D eigenvalue weighted by molar-refractivity contribution is 7.09. The van der Waals surface area contributed by atoms with Crippen molar-refractivity contribution < 1.29 is 29.3 Å². The fourth-order valence-electron chi connectivity index (χ4n) is 3.97. The van der Waals surface area contributed by atoms with E-state index < -0.39 is 47.4 Å². The number of fused-ring (bicyclic) bond motifs is 1. The van der Waals surface area contributed by atoms with Crippen LogP contribution in [0.2, 0.25) is 0 Å². The minimum absolute atomic E-state index is 0.139. The van der Waals surface area contributed by atoms with Crippen LogP contribution in [0.25, 0.3) is 0 Å². The zero-order valence-corrected chi connectivity index (χ0v) is 12.6. The van der Waals surface area contributed by atoms with Gasteiger partial charge in [0.1, 0.15) is 11.5 Å². The zero-order chi connectivity index (χ0) is 16.4. The average Bonchev–Trinajstić information content (AvgIpc) is 3.21. The number of nitrogens with zero attached hydrogens (tertiary/aromatic N) is 1. The smallest absolute Gasteiger partial charge is 0.329 e. The molecule has 8 heteroatoms. The predicted octanol–water partition coefficient (Wildman–Crippen LogP) is 0.568. The molecule has 2 fully saturated rings. The number of hydrogen-bond donors (Lipinski definition) is 2. The summed E-state index contributed by atoms with van der Waals surface area (Å²) in [6, 6.07) is 2.41. The highest BCUT2D eigenvalue weighted by Crippen LogP contribution is 2.55. The molecule has 0 radical (unpaired) electrons. The number of rotatable bonds is 4. The monoisotopic (exact) mass is 335 g/mol. The Morgan fingerprint density at radius 1 is 1.35 bits per heavy atom. The molecule has 1 aromatic heterocycles. The van der Waals surface area contributed by atoms with Crippen LogP contribution < -0.4 is 0 Å². The zero-order valence-electron chi connectivity index (χ0n) is 11.8. The van der Waals surface area contributed by atoms with E-state index in [-0.39, 0.29) is 6.54 Å². The molecule has 3 aliphatic rings. The second-order valence-electron chi connectivity index (χ2n) is 5.92. The molecular formula is C15H13NO6S. The third-order valence-corrected chi connectivity index (χ3v) is 5.66. The molecule has 120 valence electrons. The van der Waals surface area contributed by atoms with Crippen molar-refractivity contribution in [1.29, 1.82) is 0 Å². The van der Waals surface area contributed by atoms with Crippen molar-refractivity contribution in [2.45, 2.75) is 24.3 Å². The Labute approximate surface area is 134 Å². The number of carboxylic acids is 2. The maximum Gasteiger partial charge on any atom is 0.329 e. The van der Waals surface area contributed by atoms with Gasteiger partial charge < -0.3 is 19.8 Å². The minimum atomic E-state index is -1.38. The fraction of sp³-hybridized carbons (Fsp3) is 0.400. The molecule has 2 saturated heterocycles. The van der Waals surface area contributed by atoms with Gasteiger partial charge in [-0.05, 0) is 11.4 Å². The highest BCUT2D eigenvalue weighted by Gasteiger charge is 2.73. The van der Waals surface area contributed by atoms with Crippen LogP contribution in [0.15, 0.2) is 29.7 Å². The van der Waals surface area contributed by atoms with Crippen LogP contribution in [-0.2, 0) is 25.7 Å². The number of aliphatic carboxylic acids is 2. The molecule has 0 aliphatic carbocycles. The number of likely N-dealkylation sites (tertiary alicyclic amines) is 1. The Morgan fingerprint density at radius 3 is 2.74 bits per heavy atom. The van der Waals surface area contributed by atoms with E-state index in [0.29, 0.717) is 0 Å².